The monoisotopic (exact) mass is 234 g/mol. The first-order valence-electron chi connectivity index (χ1n) is 5.31. The summed E-state index contributed by atoms with van der Waals surface area (Å²) in [7, 11) is 0. The predicted octanol–water partition coefficient (Wildman–Crippen LogP) is 2.72. The zero-order valence-electron chi connectivity index (χ0n) is 9.40. The minimum atomic E-state index is 0.653. The summed E-state index contributed by atoms with van der Waals surface area (Å²) in [5.74, 6) is 0.815. The lowest BCUT2D eigenvalue weighted by Gasteiger charge is -2.04. The van der Waals surface area contributed by atoms with E-state index >= 15 is 0 Å². The molecule has 2 aromatic rings. The van der Waals surface area contributed by atoms with E-state index in [1.54, 1.807) is 0 Å². The molecule has 0 fully saturated rings. The van der Waals surface area contributed by atoms with Crippen molar-refractivity contribution >= 4 is 12.2 Å². The highest BCUT2D eigenvalue weighted by Gasteiger charge is 2.08. The molecule has 2 rings (SSSR count). The highest BCUT2D eigenvalue weighted by Crippen LogP contribution is 2.15. The van der Waals surface area contributed by atoms with E-state index < -0.39 is 0 Å². The lowest BCUT2D eigenvalue weighted by atomic mass is 10.3. The molecule has 4 nitrogen and oxygen atoms in total. The van der Waals surface area contributed by atoms with Crippen LogP contribution in [0.1, 0.15) is 19.0 Å². The Bertz CT molecular complexity index is 541. The van der Waals surface area contributed by atoms with Gasteiger partial charge in [-0.1, -0.05) is 13.0 Å². The van der Waals surface area contributed by atoms with Crippen molar-refractivity contribution < 1.29 is 0 Å². The van der Waals surface area contributed by atoms with Gasteiger partial charge in [-0.25, -0.2) is 4.98 Å². The van der Waals surface area contributed by atoms with E-state index in [1.165, 1.54) is 0 Å². The van der Waals surface area contributed by atoms with Gasteiger partial charge in [0.05, 0.1) is 0 Å². The third-order valence-electron chi connectivity index (χ3n) is 2.32. The number of H-pyrrole nitrogens is 1. The minimum absolute atomic E-state index is 0.653. The molecule has 0 radical (unpaired) electrons. The highest BCUT2D eigenvalue weighted by molar-refractivity contribution is 7.71. The van der Waals surface area contributed by atoms with Crippen molar-refractivity contribution in [2.24, 2.45) is 0 Å². The Morgan fingerprint density at radius 1 is 1.44 bits per heavy atom. The second-order valence-electron chi connectivity index (χ2n) is 3.67. The molecule has 0 unspecified atom stereocenters. The maximum Gasteiger partial charge on any atom is 0.195 e. The van der Waals surface area contributed by atoms with E-state index in [9.17, 15) is 0 Å². The molecular formula is C11H14N4S. The number of nitrogens with one attached hydrogen (secondary N) is 1. The Morgan fingerprint density at radius 2 is 2.25 bits per heavy atom. The quantitative estimate of drug-likeness (QED) is 0.831. The summed E-state index contributed by atoms with van der Waals surface area (Å²) < 4.78 is 2.64. The lowest BCUT2D eigenvalue weighted by Crippen LogP contribution is -2.01. The van der Waals surface area contributed by atoms with Crippen molar-refractivity contribution in [3.05, 3.63) is 28.7 Å². The van der Waals surface area contributed by atoms with Crippen molar-refractivity contribution in [3.63, 3.8) is 0 Å². The van der Waals surface area contributed by atoms with Gasteiger partial charge in [0.1, 0.15) is 5.69 Å². The molecule has 0 bridgehead atoms. The van der Waals surface area contributed by atoms with E-state index in [1.807, 2.05) is 29.7 Å². The van der Waals surface area contributed by atoms with Gasteiger partial charge < -0.3 is 0 Å². The van der Waals surface area contributed by atoms with Crippen molar-refractivity contribution in [1.29, 1.82) is 0 Å². The second kappa shape index (κ2) is 4.57. The smallest absolute Gasteiger partial charge is 0.195 e. The van der Waals surface area contributed by atoms with Crippen LogP contribution in [0.3, 0.4) is 0 Å². The zero-order chi connectivity index (χ0) is 11.5. The zero-order valence-corrected chi connectivity index (χ0v) is 10.2. The van der Waals surface area contributed by atoms with Crippen molar-refractivity contribution in [3.8, 4) is 11.5 Å². The Kier molecular flexibility index (Phi) is 3.14. The topological polar surface area (TPSA) is 46.5 Å². The molecule has 0 aliphatic carbocycles. The summed E-state index contributed by atoms with van der Waals surface area (Å²) in [6.45, 7) is 4.94. The van der Waals surface area contributed by atoms with Gasteiger partial charge in [0.25, 0.3) is 0 Å². The Hall–Kier alpha value is -1.49. The fourth-order valence-corrected chi connectivity index (χ4v) is 1.84. The number of hydrogen-bond acceptors (Lipinski definition) is 3. The molecule has 0 atom stereocenters. The van der Waals surface area contributed by atoms with Gasteiger partial charge >= 0.3 is 0 Å². The van der Waals surface area contributed by atoms with Crippen LogP contribution in [-0.4, -0.2) is 19.7 Å². The molecule has 5 heteroatoms. The largest absolute Gasteiger partial charge is 0.299 e. The van der Waals surface area contributed by atoms with Crippen molar-refractivity contribution in [2.75, 3.05) is 0 Å². The van der Waals surface area contributed by atoms with Gasteiger partial charge in [0.2, 0.25) is 0 Å². The Labute approximate surface area is 99.4 Å². The van der Waals surface area contributed by atoms with Crippen LogP contribution in [0.2, 0.25) is 0 Å². The average Bonchev–Trinajstić information content (AvgIpc) is 2.61. The minimum Gasteiger partial charge on any atom is -0.299 e. The lowest BCUT2D eigenvalue weighted by molar-refractivity contribution is 0.673. The van der Waals surface area contributed by atoms with Gasteiger partial charge in [-0.3, -0.25) is 9.67 Å². The van der Waals surface area contributed by atoms with E-state index in [4.69, 9.17) is 12.2 Å². The third kappa shape index (κ3) is 2.04. The van der Waals surface area contributed by atoms with E-state index in [-0.39, 0.29) is 0 Å². The number of aromatic amines is 1. The molecule has 2 aromatic heterocycles. The number of hydrogen-bond donors (Lipinski definition) is 1. The summed E-state index contributed by atoms with van der Waals surface area (Å²) >= 11 is 5.19. The number of pyridine rings is 1. The number of aromatic nitrogens is 4. The molecular weight excluding hydrogens is 220 g/mol. The van der Waals surface area contributed by atoms with Gasteiger partial charge in [-0.2, -0.15) is 5.10 Å². The van der Waals surface area contributed by atoms with E-state index in [0.717, 1.165) is 30.2 Å². The van der Waals surface area contributed by atoms with E-state index in [0.29, 0.717) is 4.77 Å². The van der Waals surface area contributed by atoms with Crippen LogP contribution >= 0.6 is 12.2 Å². The number of nitrogens with zero attached hydrogens (tertiary/aromatic N) is 3. The van der Waals surface area contributed by atoms with Crippen LogP contribution in [0, 0.1) is 11.7 Å². The van der Waals surface area contributed by atoms with Gasteiger partial charge in [0.15, 0.2) is 10.6 Å². The highest BCUT2D eigenvalue weighted by atomic mass is 32.1. The first-order chi connectivity index (χ1) is 7.72. The van der Waals surface area contributed by atoms with E-state index in [2.05, 4.69) is 22.1 Å². The molecule has 2 heterocycles. The number of aryl methyl sites for hydroxylation is 1. The molecule has 0 amide bonds. The third-order valence-corrected chi connectivity index (χ3v) is 2.63. The van der Waals surface area contributed by atoms with Crippen LogP contribution < -0.4 is 0 Å². The molecule has 0 aliphatic heterocycles. The van der Waals surface area contributed by atoms with Gasteiger partial charge in [-0.15, -0.1) is 0 Å². The van der Waals surface area contributed by atoms with Gasteiger partial charge in [0, 0.05) is 12.2 Å². The summed E-state index contributed by atoms with van der Waals surface area (Å²) in [5, 5.41) is 7.04. The van der Waals surface area contributed by atoms with Crippen LogP contribution in [-0.2, 0) is 6.54 Å². The fraction of sp³-hybridized carbons (Fsp3) is 0.364. The Balaban J connectivity index is 2.51. The van der Waals surface area contributed by atoms with Crippen LogP contribution in [0.4, 0.5) is 0 Å². The Morgan fingerprint density at radius 3 is 2.94 bits per heavy atom. The molecule has 84 valence electrons. The first-order valence-corrected chi connectivity index (χ1v) is 5.72. The molecule has 0 aromatic carbocycles. The summed E-state index contributed by atoms with van der Waals surface area (Å²) in [4.78, 5) is 4.45. The summed E-state index contributed by atoms with van der Waals surface area (Å²) in [5.41, 5.74) is 1.84. The molecule has 16 heavy (non-hydrogen) atoms. The predicted molar refractivity (Wildman–Crippen MR) is 65.7 cm³/mol. The second-order valence-corrected chi connectivity index (χ2v) is 4.05. The van der Waals surface area contributed by atoms with Crippen molar-refractivity contribution in [1.82, 2.24) is 19.7 Å². The summed E-state index contributed by atoms with van der Waals surface area (Å²) in [6.07, 6.45) is 1.02. The normalized spacial score (nSPS) is 10.6. The standard InChI is InChI=1S/C11H14N4S/c1-3-7-15-10(13-14-11(15)16)9-6-4-5-8(2)12-9/h4-6H,3,7H2,1-2H3,(H,14,16). The fourth-order valence-electron chi connectivity index (χ4n) is 1.61. The average molecular weight is 234 g/mol. The molecule has 0 spiro atoms. The molecule has 0 saturated heterocycles. The van der Waals surface area contributed by atoms with Crippen LogP contribution in [0.25, 0.3) is 11.5 Å². The first kappa shape index (κ1) is 11.0. The SMILES string of the molecule is CCCn1c(-c2cccc(C)n2)n[nH]c1=S. The maximum atomic E-state index is 5.19. The van der Waals surface area contributed by atoms with Crippen LogP contribution in [0.15, 0.2) is 18.2 Å². The summed E-state index contributed by atoms with van der Waals surface area (Å²) in [6, 6.07) is 5.89. The number of rotatable bonds is 3. The van der Waals surface area contributed by atoms with Crippen molar-refractivity contribution in [2.45, 2.75) is 26.8 Å². The van der Waals surface area contributed by atoms with Crippen LogP contribution in [0.5, 0.6) is 0 Å². The van der Waals surface area contributed by atoms with Gasteiger partial charge in [-0.05, 0) is 37.7 Å². The maximum absolute atomic E-state index is 5.19. The molecule has 0 saturated carbocycles. The molecule has 1 N–H and O–H groups in total. The molecule has 0 aliphatic rings.